The van der Waals surface area contributed by atoms with Gasteiger partial charge < -0.3 is 19.7 Å². The Labute approximate surface area is 251 Å². The maximum Gasteiger partial charge on any atom is 0.408 e. The minimum atomic E-state index is -0.619. The number of hydrogen-bond donors (Lipinski definition) is 1. The number of aromatic nitrogens is 4. The zero-order chi connectivity index (χ0) is 28.2. The summed E-state index contributed by atoms with van der Waals surface area (Å²) in [6.45, 7) is 7.55. The van der Waals surface area contributed by atoms with Crippen molar-refractivity contribution in [3.05, 3.63) is 44.0 Å². The summed E-state index contributed by atoms with van der Waals surface area (Å²) in [5, 5.41) is 8.15. The number of nitrogens with zero attached hydrogens (tertiary/aromatic N) is 5. The van der Waals surface area contributed by atoms with Crippen molar-refractivity contribution in [3.63, 3.8) is 0 Å². The number of halogens is 3. The van der Waals surface area contributed by atoms with Crippen LogP contribution in [0, 0.1) is 14.9 Å². The van der Waals surface area contributed by atoms with Gasteiger partial charge in [0.1, 0.15) is 16.9 Å². The first kappa shape index (κ1) is 27.9. The van der Waals surface area contributed by atoms with Gasteiger partial charge in [-0.05, 0) is 105 Å². The van der Waals surface area contributed by atoms with Crippen molar-refractivity contribution >= 4 is 57.3 Å². The van der Waals surface area contributed by atoms with E-state index in [0.717, 1.165) is 46.9 Å². The Balaban J connectivity index is 1.27. The number of carbonyl (C=O) groups is 1. The summed E-state index contributed by atoms with van der Waals surface area (Å²) >= 11 is 8.87. The van der Waals surface area contributed by atoms with Crippen LogP contribution in [0.25, 0.3) is 11.2 Å². The molecular weight excluding hydrogens is 650 g/mol. The number of amides is 1. The lowest BCUT2D eigenvalue weighted by atomic mass is 9.72. The lowest BCUT2D eigenvalue weighted by molar-refractivity contribution is -0.0372. The van der Waals surface area contributed by atoms with E-state index in [1.54, 1.807) is 12.1 Å². The molecule has 0 saturated carbocycles. The van der Waals surface area contributed by atoms with Crippen LogP contribution in [0.3, 0.4) is 0 Å². The lowest BCUT2D eigenvalue weighted by Gasteiger charge is -2.44. The van der Waals surface area contributed by atoms with Crippen LogP contribution in [0.5, 0.6) is 0 Å². The van der Waals surface area contributed by atoms with Gasteiger partial charge in [-0.15, -0.1) is 0 Å². The number of hydrogen-bond acceptors (Lipinski definition) is 7. The molecule has 1 amide bonds. The molecule has 0 radical (unpaired) electrons. The van der Waals surface area contributed by atoms with E-state index in [0.29, 0.717) is 48.3 Å². The predicted octanol–water partition coefficient (Wildman–Crippen LogP) is 6.33. The van der Waals surface area contributed by atoms with E-state index in [1.165, 1.54) is 6.07 Å². The third kappa shape index (κ3) is 5.24. The van der Waals surface area contributed by atoms with Crippen molar-refractivity contribution < 1.29 is 18.7 Å². The first-order valence-electron chi connectivity index (χ1n) is 13.8. The molecule has 1 aromatic carbocycles. The fourth-order valence-corrected chi connectivity index (χ4v) is 7.15. The molecule has 0 bridgehead atoms. The molecule has 3 aliphatic rings. The Morgan fingerprint density at radius 3 is 2.73 bits per heavy atom. The van der Waals surface area contributed by atoms with Gasteiger partial charge in [-0.3, -0.25) is 0 Å². The minimum absolute atomic E-state index is 0.162. The van der Waals surface area contributed by atoms with Gasteiger partial charge in [0.05, 0.1) is 6.04 Å². The molecule has 2 atom stereocenters. The first-order chi connectivity index (χ1) is 19.0. The van der Waals surface area contributed by atoms with Crippen molar-refractivity contribution in [3.8, 4) is 0 Å². The highest BCUT2D eigenvalue weighted by molar-refractivity contribution is 14.1. The second-order valence-electron chi connectivity index (χ2n) is 12.0. The molecule has 1 N–H and O–H groups in total. The van der Waals surface area contributed by atoms with E-state index in [-0.39, 0.29) is 23.5 Å². The lowest BCUT2D eigenvalue weighted by Crippen LogP contribution is -2.48. The van der Waals surface area contributed by atoms with Crippen molar-refractivity contribution in [2.24, 2.45) is 5.41 Å². The Kier molecular flexibility index (Phi) is 7.35. The largest absolute Gasteiger partial charge is 0.444 e. The van der Waals surface area contributed by atoms with Gasteiger partial charge in [-0.25, -0.2) is 23.8 Å². The molecule has 9 nitrogen and oxygen atoms in total. The maximum absolute atomic E-state index is 14.2. The number of benzene rings is 1. The van der Waals surface area contributed by atoms with Crippen LogP contribution in [0.1, 0.15) is 76.3 Å². The van der Waals surface area contributed by atoms with Gasteiger partial charge in [0.25, 0.3) is 0 Å². The smallest absolute Gasteiger partial charge is 0.408 e. The third-order valence-corrected chi connectivity index (χ3v) is 9.13. The SMILES string of the molecule is CC(C)(C)OC(=O)N[C@@H]1c2ccc(F)cc2CC12CCN(c1nc3c(nc1Cl)c(I)nn3C1CCCCO1)CC2. The number of anilines is 1. The summed E-state index contributed by atoms with van der Waals surface area (Å²) in [6.07, 6.45) is 4.56. The molecule has 2 aromatic heterocycles. The molecule has 214 valence electrons. The number of rotatable bonds is 3. The number of alkyl carbamates (subject to hydrolysis) is 1. The summed E-state index contributed by atoms with van der Waals surface area (Å²) in [6, 6.07) is 4.56. The Morgan fingerprint density at radius 1 is 1.25 bits per heavy atom. The monoisotopic (exact) mass is 682 g/mol. The van der Waals surface area contributed by atoms with Crippen LogP contribution in [-0.4, -0.2) is 51.1 Å². The number of carbonyl (C=O) groups excluding carboxylic acids is 1. The number of fused-ring (bicyclic) bond motifs is 2. The molecule has 2 fully saturated rings. The predicted molar refractivity (Wildman–Crippen MR) is 158 cm³/mol. The topological polar surface area (TPSA) is 94.4 Å². The molecule has 40 heavy (non-hydrogen) atoms. The molecule has 6 rings (SSSR count). The van der Waals surface area contributed by atoms with E-state index in [1.807, 2.05) is 25.5 Å². The quantitative estimate of drug-likeness (QED) is 0.323. The second kappa shape index (κ2) is 10.5. The minimum Gasteiger partial charge on any atom is -0.444 e. The zero-order valence-corrected chi connectivity index (χ0v) is 25.8. The fourth-order valence-electron chi connectivity index (χ4n) is 6.31. The molecular formula is C28H33ClFIN6O3. The highest BCUT2D eigenvalue weighted by Gasteiger charge is 2.49. The van der Waals surface area contributed by atoms with Crippen LogP contribution < -0.4 is 10.2 Å². The van der Waals surface area contributed by atoms with Crippen molar-refractivity contribution in [2.75, 3.05) is 24.6 Å². The average molecular weight is 683 g/mol. The van der Waals surface area contributed by atoms with E-state index in [2.05, 4.69) is 42.9 Å². The summed E-state index contributed by atoms with van der Waals surface area (Å²) in [5.74, 6) is 0.350. The summed E-state index contributed by atoms with van der Waals surface area (Å²) < 4.78 is 28.4. The normalized spacial score (nSPS) is 22.5. The number of ether oxygens (including phenoxy) is 2. The zero-order valence-electron chi connectivity index (χ0n) is 22.8. The van der Waals surface area contributed by atoms with Gasteiger partial charge >= 0.3 is 6.09 Å². The van der Waals surface area contributed by atoms with Gasteiger partial charge in [-0.2, -0.15) is 5.10 Å². The highest BCUT2D eigenvalue weighted by atomic mass is 127. The Morgan fingerprint density at radius 2 is 2.02 bits per heavy atom. The first-order valence-corrected chi connectivity index (χ1v) is 15.2. The summed E-state index contributed by atoms with van der Waals surface area (Å²) in [7, 11) is 0. The summed E-state index contributed by atoms with van der Waals surface area (Å²) in [4.78, 5) is 24.7. The molecule has 1 unspecified atom stereocenters. The van der Waals surface area contributed by atoms with Gasteiger partial charge in [0.15, 0.2) is 26.5 Å². The second-order valence-corrected chi connectivity index (χ2v) is 13.4. The van der Waals surface area contributed by atoms with Crippen molar-refractivity contribution in [1.82, 2.24) is 25.1 Å². The van der Waals surface area contributed by atoms with Crippen molar-refractivity contribution in [1.29, 1.82) is 0 Å². The van der Waals surface area contributed by atoms with Crippen LogP contribution >= 0.6 is 34.2 Å². The summed E-state index contributed by atoms with van der Waals surface area (Å²) in [5.41, 5.74) is 2.33. The van der Waals surface area contributed by atoms with Crippen LogP contribution in [0.4, 0.5) is 15.0 Å². The molecule has 2 saturated heterocycles. The molecule has 1 spiro atoms. The average Bonchev–Trinajstić information content (AvgIpc) is 3.37. The van der Waals surface area contributed by atoms with Gasteiger partial charge in [0, 0.05) is 25.1 Å². The molecule has 3 aromatic rings. The maximum atomic E-state index is 14.2. The molecule has 4 heterocycles. The standard InChI is InChI=1S/C28H33ClFIN6O3/c1-27(2,3)40-26(38)33-21-18-8-7-17(30)14-16(18)15-28(21)9-11-36(12-10-28)25-22(29)32-20-23(31)35-37(24(20)34-25)19-6-4-5-13-39-19/h7-8,14,19,21H,4-6,9-13,15H2,1-3H3,(H,33,38)/t19?,21-/m1/s1. The fraction of sp³-hybridized carbons (Fsp3) is 0.571. The highest BCUT2D eigenvalue weighted by Crippen LogP contribution is 2.52. The number of piperidine rings is 1. The van der Waals surface area contributed by atoms with Crippen molar-refractivity contribution in [2.45, 2.75) is 77.2 Å². The van der Waals surface area contributed by atoms with Gasteiger partial charge in [-0.1, -0.05) is 17.7 Å². The van der Waals surface area contributed by atoms with E-state index in [4.69, 9.17) is 26.1 Å². The Hall–Kier alpha value is -2.25. The van der Waals surface area contributed by atoms with Crippen LogP contribution in [-0.2, 0) is 15.9 Å². The van der Waals surface area contributed by atoms with E-state index < -0.39 is 11.7 Å². The van der Waals surface area contributed by atoms with Gasteiger partial charge in [0.2, 0.25) is 0 Å². The Bertz CT molecular complexity index is 1450. The van der Waals surface area contributed by atoms with Crippen LogP contribution in [0.2, 0.25) is 5.15 Å². The van der Waals surface area contributed by atoms with Crippen LogP contribution in [0.15, 0.2) is 18.2 Å². The molecule has 2 aliphatic heterocycles. The molecule has 12 heteroatoms. The van der Waals surface area contributed by atoms with E-state index in [9.17, 15) is 9.18 Å². The van der Waals surface area contributed by atoms with E-state index >= 15 is 0 Å². The number of nitrogens with one attached hydrogen (secondary N) is 1. The third-order valence-electron chi connectivity index (χ3n) is 8.15. The molecule has 1 aliphatic carbocycles.